The summed E-state index contributed by atoms with van der Waals surface area (Å²) in [6, 6.07) is 11.7. The molecule has 1 N–H and O–H groups in total. The quantitative estimate of drug-likeness (QED) is 0.836. The average Bonchev–Trinajstić information content (AvgIpc) is 2.96. The number of carbonyl (C=O) groups excluding carboxylic acids is 1. The highest BCUT2D eigenvalue weighted by Gasteiger charge is 2.31. The van der Waals surface area contributed by atoms with Gasteiger partial charge in [0.05, 0.1) is 0 Å². The maximum Gasteiger partial charge on any atom is 0.243 e. The molecule has 26 heavy (non-hydrogen) atoms. The van der Waals surface area contributed by atoms with Gasteiger partial charge in [-0.1, -0.05) is 30.3 Å². The van der Waals surface area contributed by atoms with Crippen LogP contribution in [0.15, 0.2) is 53.4 Å². The van der Waals surface area contributed by atoms with E-state index < -0.39 is 26.6 Å². The molecule has 1 aliphatic rings. The number of hydrogen-bond donors (Lipinski definition) is 1. The van der Waals surface area contributed by atoms with Gasteiger partial charge in [-0.25, -0.2) is 21.9 Å². The van der Waals surface area contributed by atoms with Gasteiger partial charge in [0.1, 0.15) is 16.5 Å². The van der Waals surface area contributed by atoms with Crippen LogP contribution in [0.5, 0.6) is 0 Å². The van der Waals surface area contributed by atoms with Gasteiger partial charge in [-0.3, -0.25) is 4.79 Å². The zero-order valence-corrected chi connectivity index (χ0v) is 14.7. The highest BCUT2D eigenvalue weighted by molar-refractivity contribution is 7.89. The second kappa shape index (κ2) is 7.51. The maximum absolute atomic E-state index is 13.7. The molecule has 1 fully saturated rings. The second-order valence-electron chi connectivity index (χ2n) is 6.26. The zero-order chi connectivity index (χ0) is 18.7. The molecular formula is C18H18F2N2O3S. The minimum Gasteiger partial charge on any atom is -0.338 e. The van der Waals surface area contributed by atoms with E-state index in [0.29, 0.717) is 19.2 Å². The van der Waals surface area contributed by atoms with E-state index in [-0.39, 0.29) is 24.8 Å². The highest BCUT2D eigenvalue weighted by Crippen LogP contribution is 2.21. The van der Waals surface area contributed by atoms with Gasteiger partial charge in [-0.2, -0.15) is 0 Å². The fraction of sp³-hybridized carbons (Fsp3) is 0.278. The topological polar surface area (TPSA) is 66.5 Å². The number of benzene rings is 2. The Morgan fingerprint density at radius 3 is 2.58 bits per heavy atom. The summed E-state index contributed by atoms with van der Waals surface area (Å²) in [6.07, 6.45) is 0.209. The largest absolute Gasteiger partial charge is 0.338 e. The van der Waals surface area contributed by atoms with Crippen molar-refractivity contribution in [3.63, 3.8) is 0 Å². The summed E-state index contributed by atoms with van der Waals surface area (Å²) >= 11 is 0. The van der Waals surface area contributed by atoms with Gasteiger partial charge in [-0.05, 0) is 29.7 Å². The van der Waals surface area contributed by atoms with Crippen molar-refractivity contribution >= 4 is 15.9 Å². The van der Waals surface area contributed by atoms with Crippen LogP contribution in [0.1, 0.15) is 12.0 Å². The minimum atomic E-state index is -4.19. The molecule has 2 aromatic rings. The second-order valence-corrected chi connectivity index (χ2v) is 7.99. The van der Waals surface area contributed by atoms with Crippen LogP contribution in [0, 0.1) is 17.6 Å². The van der Waals surface area contributed by atoms with E-state index in [1.54, 1.807) is 4.90 Å². The van der Waals surface area contributed by atoms with E-state index in [9.17, 15) is 22.0 Å². The number of amides is 1. The van der Waals surface area contributed by atoms with E-state index >= 15 is 0 Å². The Balaban J connectivity index is 1.61. The molecule has 0 aliphatic carbocycles. The lowest BCUT2D eigenvalue weighted by molar-refractivity contribution is -0.128. The van der Waals surface area contributed by atoms with Crippen molar-refractivity contribution in [1.29, 1.82) is 0 Å². The molecule has 0 spiro atoms. The molecule has 0 saturated carbocycles. The van der Waals surface area contributed by atoms with E-state index in [2.05, 4.69) is 4.72 Å². The molecule has 1 unspecified atom stereocenters. The molecule has 138 valence electrons. The molecule has 5 nitrogen and oxygen atoms in total. The van der Waals surface area contributed by atoms with Gasteiger partial charge in [0.15, 0.2) is 0 Å². The number of halogens is 2. The Bertz CT molecular complexity index is 904. The van der Waals surface area contributed by atoms with Crippen LogP contribution < -0.4 is 4.72 Å². The van der Waals surface area contributed by atoms with E-state index in [0.717, 1.165) is 17.7 Å². The lowest BCUT2D eigenvalue weighted by atomic mass is 10.1. The van der Waals surface area contributed by atoms with E-state index in [1.165, 1.54) is 0 Å². The summed E-state index contributed by atoms with van der Waals surface area (Å²) < 4.78 is 53.6. The molecule has 3 rings (SSSR count). The molecule has 1 heterocycles. The SMILES string of the molecule is O=C1CC(CNS(=O)(=O)c2cc(F)ccc2F)CN1Cc1ccccc1. The number of carbonyl (C=O) groups is 1. The lowest BCUT2D eigenvalue weighted by Gasteiger charge is -2.17. The predicted molar refractivity (Wildman–Crippen MR) is 91.5 cm³/mol. The fourth-order valence-corrected chi connectivity index (χ4v) is 4.14. The Labute approximate surface area is 150 Å². The summed E-state index contributed by atoms with van der Waals surface area (Å²) in [5.41, 5.74) is 0.990. The molecule has 0 radical (unpaired) electrons. The fourth-order valence-electron chi connectivity index (χ4n) is 2.94. The van der Waals surface area contributed by atoms with Crippen LogP contribution >= 0.6 is 0 Å². The third kappa shape index (κ3) is 4.25. The molecule has 0 aromatic heterocycles. The summed E-state index contributed by atoms with van der Waals surface area (Å²) in [5, 5.41) is 0. The van der Waals surface area contributed by atoms with Crippen molar-refractivity contribution in [2.24, 2.45) is 5.92 Å². The molecule has 2 aromatic carbocycles. The van der Waals surface area contributed by atoms with Crippen LogP contribution in [0.3, 0.4) is 0 Å². The molecule has 1 saturated heterocycles. The van der Waals surface area contributed by atoms with Crippen LogP contribution in [-0.4, -0.2) is 32.3 Å². The van der Waals surface area contributed by atoms with Gasteiger partial charge in [-0.15, -0.1) is 0 Å². The first-order chi connectivity index (χ1) is 12.3. The van der Waals surface area contributed by atoms with Gasteiger partial charge in [0.2, 0.25) is 15.9 Å². The van der Waals surface area contributed by atoms with Crippen LogP contribution in [0.2, 0.25) is 0 Å². The number of likely N-dealkylation sites (tertiary alicyclic amines) is 1. The summed E-state index contributed by atoms with van der Waals surface area (Å²) in [6.45, 7) is 0.846. The van der Waals surface area contributed by atoms with Crippen LogP contribution in [0.25, 0.3) is 0 Å². The molecular weight excluding hydrogens is 362 g/mol. The minimum absolute atomic E-state index is 0.0185. The highest BCUT2D eigenvalue weighted by atomic mass is 32.2. The van der Waals surface area contributed by atoms with Crippen molar-refractivity contribution < 1.29 is 22.0 Å². The molecule has 0 bridgehead atoms. The first kappa shape index (κ1) is 18.5. The normalized spacial score (nSPS) is 17.7. The lowest BCUT2D eigenvalue weighted by Crippen LogP contribution is -2.31. The van der Waals surface area contributed by atoms with Crippen LogP contribution in [-0.2, 0) is 21.4 Å². The monoisotopic (exact) mass is 380 g/mol. The van der Waals surface area contributed by atoms with Gasteiger partial charge < -0.3 is 4.90 Å². The van der Waals surface area contributed by atoms with Gasteiger partial charge >= 0.3 is 0 Å². The number of hydrogen-bond acceptors (Lipinski definition) is 3. The van der Waals surface area contributed by atoms with Crippen molar-refractivity contribution in [2.45, 2.75) is 17.9 Å². The molecule has 8 heteroatoms. The average molecular weight is 380 g/mol. The zero-order valence-electron chi connectivity index (χ0n) is 13.9. The standard InChI is InChI=1S/C18H18F2N2O3S/c19-15-6-7-16(20)17(9-15)26(24,25)21-10-14-8-18(23)22(12-14)11-13-4-2-1-3-5-13/h1-7,9,14,21H,8,10-12H2. The number of nitrogens with one attached hydrogen (secondary N) is 1. The summed E-state index contributed by atoms with van der Waals surface area (Å²) in [4.78, 5) is 13.1. The Morgan fingerprint density at radius 2 is 1.85 bits per heavy atom. The number of rotatable bonds is 6. The predicted octanol–water partition coefficient (Wildman–Crippen LogP) is 2.29. The Hall–Kier alpha value is -2.32. The van der Waals surface area contributed by atoms with E-state index in [4.69, 9.17) is 0 Å². The Morgan fingerprint density at radius 1 is 1.12 bits per heavy atom. The molecule has 1 amide bonds. The summed E-state index contributed by atoms with van der Waals surface area (Å²) in [7, 11) is -4.19. The Kier molecular flexibility index (Phi) is 5.33. The molecule has 1 atom stereocenters. The van der Waals surface area contributed by atoms with Crippen molar-refractivity contribution in [3.05, 3.63) is 65.7 Å². The van der Waals surface area contributed by atoms with Crippen molar-refractivity contribution in [1.82, 2.24) is 9.62 Å². The first-order valence-electron chi connectivity index (χ1n) is 8.11. The van der Waals surface area contributed by atoms with Crippen LogP contribution in [0.4, 0.5) is 8.78 Å². The maximum atomic E-state index is 13.7. The smallest absolute Gasteiger partial charge is 0.243 e. The third-order valence-electron chi connectivity index (χ3n) is 4.26. The number of sulfonamides is 1. The van der Waals surface area contributed by atoms with E-state index in [1.807, 2.05) is 30.3 Å². The number of nitrogens with zero attached hydrogens (tertiary/aromatic N) is 1. The third-order valence-corrected chi connectivity index (χ3v) is 5.69. The summed E-state index contributed by atoms with van der Waals surface area (Å²) in [5.74, 6) is -2.14. The first-order valence-corrected chi connectivity index (χ1v) is 9.60. The van der Waals surface area contributed by atoms with Crippen molar-refractivity contribution in [2.75, 3.05) is 13.1 Å². The van der Waals surface area contributed by atoms with Crippen molar-refractivity contribution in [3.8, 4) is 0 Å². The molecule has 1 aliphatic heterocycles. The van der Waals surface area contributed by atoms with Gasteiger partial charge in [0, 0.05) is 26.1 Å². The van der Waals surface area contributed by atoms with Gasteiger partial charge in [0.25, 0.3) is 0 Å².